The Kier molecular flexibility index (Phi) is 4.65. The Hall–Kier alpha value is -2.04. The van der Waals surface area contributed by atoms with Gasteiger partial charge in [-0.15, -0.1) is 0 Å². The molecule has 1 N–H and O–H groups in total. The number of carbonyl (C=O) groups excluding carboxylic acids is 2. The van der Waals surface area contributed by atoms with Gasteiger partial charge in [0, 0.05) is 11.5 Å². The third-order valence-corrected chi connectivity index (χ3v) is 6.37. The van der Waals surface area contributed by atoms with Gasteiger partial charge in [0.2, 0.25) is 5.91 Å². The van der Waals surface area contributed by atoms with Crippen molar-refractivity contribution < 1.29 is 33.0 Å². The van der Waals surface area contributed by atoms with Crippen molar-refractivity contribution in [3.8, 4) is 0 Å². The van der Waals surface area contributed by atoms with Crippen LogP contribution in [0.5, 0.6) is 0 Å². The molecule has 4 rings (SSSR count). The van der Waals surface area contributed by atoms with E-state index in [9.17, 15) is 19.5 Å². The van der Waals surface area contributed by atoms with Crippen molar-refractivity contribution in [2.75, 3.05) is 6.61 Å². The first-order valence-electron chi connectivity index (χ1n) is 8.68. The van der Waals surface area contributed by atoms with E-state index >= 15 is 0 Å². The number of fused-ring (bicyclic) bond motifs is 1. The summed E-state index contributed by atoms with van der Waals surface area (Å²) in [6.07, 6.45) is 0.548. The van der Waals surface area contributed by atoms with Gasteiger partial charge in [0.15, 0.2) is 18.1 Å². The highest BCUT2D eigenvalue weighted by Gasteiger charge is 2.58. The standard InChI is InChI=1S/C17H19NO8S/c1-7(19)11-14(20)18-12(13(27-15(11)18)9-4-3-5-23-9)16(21)24-6-10-8(2)25-17(22)26-10/h7,9,11,15,19H,3-6H2,1-2H3/t7-,9?,11+,15-/m1/s1. The fourth-order valence-corrected chi connectivity index (χ4v) is 5.21. The zero-order valence-electron chi connectivity index (χ0n) is 14.8. The van der Waals surface area contributed by atoms with Crippen molar-refractivity contribution in [3.05, 3.63) is 32.7 Å². The second kappa shape index (κ2) is 6.84. The van der Waals surface area contributed by atoms with Crippen LogP contribution in [0.3, 0.4) is 0 Å². The van der Waals surface area contributed by atoms with Crippen LogP contribution in [-0.4, -0.2) is 46.1 Å². The number of hydrogen-bond acceptors (Lipinski definition) is 9. The first-order valence-corrected chi connectivity index (χ1v) is 9.56. The van der Waals surface area contributed by atoms with Crippen molar-refractivity contribution in [1.82, 2.24) is 4.90 Å². The average molecular weight is 397 g/mol. The highest BCUT2D eigenvalue weighted by Crippen LogP contribution is 2.52. The molecule has 2 fully saturated rings. The predicted octanol–water partition coefficient (Wildman–Crippen LogP) is 0.887. The van der Waals surface area contributed by atoms with Crippen LogP contribution in [0.25, 0.3) is 0 Å². The maximum absolute atomic E-state index is 12.8. The topological polar surface area (TPSA) is 119 Å². The SMILES string of the molecule is Cc1oc(=O)oc1COC(=O)C1=C(C2CCCO2)S[C@@H]2[C@@H]([C@@H](C)O)C(=O)N12. The summed E-state index contributed by atoms with van der Waals surface area (Å²) in [4.78, 5) is 38.4. The van der Waals surface area contributed by atoms with Gasteiger partial charge in [-0.05, 0) is 26.7 Å². The number of amides is 1. The number of aliphatic hydroxyl groups is 1. The summed E-state index contributed by atoms with van der Waals surface area (Å²) in [5.74, 6) is -2.09. The quantitative estimate of drug-likeness (QED) is 0.570. The Morgan fingerprint density at radius 3 is 2.78 bits per heavy atom. The van der Waals surface area contributed by atoms with Crippen LogP contribution >= 0.6 is 11.8 Å². The van der Waals surface area contributed by atoms with Crippen molar-refractivity contribution in [3.63, 3.8) is 0 Å². The molecule has 9 nitrogen and oxygen atoms in total. The molecule has 2 saturated heterocycles. The minimum atomic E-state index is -0.869. The molecule has 4 heterocycles. The number of carbonyl (C=O) groups is 2. The summed E-state index contributed by atoms with van der Waals surface area (Å²) in [5, 5.41) is 9.53. The predicted molar refractivity (Wildman–Crippen MR) is 91.2 cm³/mol. The number of aliphatic hydroxyl groups excluding tert-OH is 1. The van der Waals surface area contributed by atoms with Crippen molar-refractivity contribution in [2.24, 2.45) is 5.92 Å². The highest BCUT2D eigenvalue weighted by molar-refractivity contribution is 8.04. The summed E-state index contributed by atoms with van der Waals surface area (Å²) >= 11 is 1.37. The summed E-state index contributed by atoms with van der Waals surface area (Å²) < 4.78 is 20.5. The number of nitrogens with zero attached hydrogens (tertiary/aromatic N) is 1. The summed E-state index contributed by atoms with van der Waals surface area (Å²) in [6, 6.07) is 0. The second-order valence-corrected chi connectivity index (χ2v) is 7.87. The van der Waals surface area contributed by atoms with E-state index in [0.29, 0.717) is 11.5 Å². The number of hydrogen-bond donors (Lipinski definition) is 1. The molecule has 1 aromatic heterocycles. The molecular weight excluding hydrogens is 378 g/mol. The van der Waals surface area contributed by atoms with Gasteiger partial charge in [0.1, 0.15) is 11.1 Å². The van der Waals surface area contributed by atoms with Gasteiger partial charge < -0.3 is 23.4 Å². The molecule has 0 aliphatic carbocycles. The van der Waals surface area contributed by atoms with E-state index in [2.05, 4.69) is 0 Å². The van der Waals surface area contributed by atoms with Crippen molar-refractivity contribution in [1.29, 1.82) is 0 Å². The maximum atomic E-state index is 12.8. The van der Waals surface area contributed by atoms with Crippen molar-refractivity contribution in [2.45, 2.75) is 50.9 Å². The van der Waals surface area contributed by atoms with E-state index in [-0.39, 0.29) is 41.2 Å². The van der Waals surface area contributed by atoms with E-state index < -0.39 is 23.8 Å². The summed E-state index contributed by atoms with van der Waals surface area (Å²) in [5.41, 5.74) is 0.155. The van der Waals surface area contributed by atoms with E-state index in [1.54, 1.807) is 6.92 Å². The van der Waals surface area contributed by atoms with E-state index in [0.717, 1.165) is 12.8 Å². The van der Waals surface area contributed by atoms with Crippen LogP contribution in [-0.2, 0) is 25.7 Å². The molecule has 1 aromatic rings. The van der Waals surface area contributed by atoms with Gasteiger partial charge in [-0.25, -0.2) is 9.59 Å². The van der Waals surface area contributed by atoms with Gasteiger partial charge >= 0.3 is 11.8 Å². The van der Waals surface area contributed by atoms with Crippen LogP contribution in [0.15, 0.2) is 24.2 Å². The smallest absolute Gasteiger partial charge is 0.453 e. The second-order valence-electron chi connectivity index (χ2n) is 6.71. The Morgan fingerprint density at radius 1 is 1.41 bits per heavy atom. The zero-order chi connectivity index (χ0) is 19.3. The molecule has 0 saturated carbocycles. The van der Waals surface area contributed by atoms with E-state index in [4.69, 9.17) is 18.3 Å². The molecule has 146 valence electrons. The number of esters is 1. The molecule has 3 aliphatic heterocycles. The first-order chi connectivity index (χ1) is 12.9. The molecular formula is C17H19NO8S. The number of ether oxygens (including phenoxy) is 2. The van der Waals surface area contributed by atoms with Crippen LogP contribution in [0.1, 0.15) is 31.3 Å². The van der Waals surface area contributed by atoms with E-state index in [1.807, 2.05) is 0 Å². The highest BCUT2D eigenvalue weighted by atomic mass is 32.2. The van der Waals surface area contributed by atoms with Gasteiger partial charge in [0.25, 0.3) is 0 Å². The maximum Gasteiger partial charge on any atom is 0.519 e. The normalized spacial score (nSPS) is 28.3. The number of rotatable bonds is 5. The summed E-state index contributed by atoms with van der Waals surface area (Å²) in [6.45, 7) is 3.40. The number of aryl methyl sites for hydroxylation is 1. The fourth-order valence-electron chi connectivity index (χ4n) is 3.52. The van der Waals surface area contributed by atoms with Gasteiger partial charge in [-0.2, -0.15) is 0 Å². The average Bonchev–Trinajstić information content (AvgIpc) is 3.29. The molecule has 4 atom stereocenters. The Balaban J connectivity index is 1.57. The molecule has 0 aromatic carbocycles. The molecule has 10 heteroatoms. The molecule has 0 radical (unpaired) electrons. The van der Waals surface area contributed by atoms with Gasteiger partial charge in [0.05, 0.1) is 18.1 Å². The number of thioether (sulfide) groups is 1. The molecule has 27 heavy (non-hydrogen) atoms. The first kappa shape index (κ1) is 18.3. The Morgan fingerprint density at radius 2 is 2.19 bits per heavy atom. The van der Waals surface area contributed by atoms with Crippen LogP contribution in [0.4, 0.5) is 0 Å². The number of β-lactam (4-membered cyclic amide) rings is 1. The van der Waals surface area contributed by atoms with Crippen LogP contribution in [0.2, 0.25) is 0 Å². The van der Waals surface area contributed by atoms with Crippen LogP contribution in [0, 0.1) is 12.8 Å². The molecule has 1 amide bonds. The lowest BCUT2D eigenvalue weighted by Crippen LogP contribution is -2.60. The molecule has 0 bridgehead atoms. The zero-order valence-corrected chi connectivity index (χ0v) is 15.6. The lowest BCUT2D eigenvalue weighted by molar-refractivity contribution is -0.158. The minimum Gasteiger partial charge on any atom is -0.453 e. The molecule has 0 spiro atoms. The van der Waals surface area contributed by atoms with Crippen molar-refractivity contribution >= 4 is 23.6 Å². The van der Waals surface area contributed by atoms with Gasteiger partial charge in [-0.3, -0.25) is 9.69 Å². The monoisotopic (exact) mass is 397 g/mol. The third kappa shape index (κ3) is 3.01. The van der Waals surface area contributed by atoms with Gasteiger partial charge in [-0.1, -0.05) is 11.8 Å². The largest absolute Gasteiger partial charge is 0.519 e. The van der Waals surface area contributed by atoms with Crippen LogP contribution < -0.4 is 5.82 Å². The Labute approximate surface area is 158 Å². The lowest BCUT2D eigenvalue weighted by Gasteiger charge is -2.43. The van der Waals surface area contributed by atoms with E-state index in [1.165, 1.54) is 23.6 Å². The molecule has 1 unspecified atom stereocenters. The Bertz CT molecular complexity index is 863. The molecule has 3 aliphatic rings. The lowest BCUT2D eigenvalue weighted by atomic mass is 9.92. The minimum absolute atomic E-state index is 0.117. The third-order valence-electron chi connectivity index (χ3n) is 4.91. The fraction of sp³-hybridized carbons (Fsp3) is 0.588. The summed E-state index contributed by atoms with van der Waals surface area (Å²) in [7, 11) is 0.